The van der Waals surface area contributed by atoms with Gasteiger partial charge in [-0.2, -0.15) is 0 Å². The Hall–Kier alpha value is -1.56. The van der Waals surface area contributed by atoms with Crippen LogP contribution in [-0.4, -0.2) is 33.9 Å². The molecule has 1 rings (SSSR count). The number of esters is 1. The van der Waals surface area contributed by atoms with Crippen molar-refractivity contribution in [3.63, 3.8) is 0 Å². The number of ether oxygens (including phenoxy) is 2. The van der Waals surface area contributed by atoms with Crippen molar-refractivity contribution in [1.29, 1.82) is 0 Å². The molecule has 0 heterocycles. The Morgan fingerprint density at radius 1 is 1.32 bits per heavy atom. The molecular formula is C13H18O5S. The van der Waals surface area contributed by atoms with E-state index < -0.39 is 21.6 Å². The van der Waals surface area contributed by atoms with Crippen molar-refractivity contribution in [2.24, 2.45) is 0 Å². The van der Waals surface area contributed by atoms with Gasteiger partial charge < -0.3 is 9.47 Å². The summed E-state index contributed by atoms with van der Waals surface area (Å²) in [4.78, 5) is 11.5. The summed E-state index contributed by atoms with van der Waals surface area (Å²) in [5.41, 5.74) is 0. The van der Waals surface area contributed by atoms with Crippen molar-refractivity contribution < 1.29 is 22.7 Å². The molecule has 1 aromatic rings. The molecule has 0 aromatic heterocycles. The summed E-state index contributed by atoms with van der Waals surface area (Å²) >= 11 is 0. The van der Waals surface area contributed by atoms with Gasteiger partial charge in [-0.3, -0.25) is 4.79 Å². The van der Waals surface area contributed by atoms with E-state index in [0.717, 1.165) is 12.8 Å². The summed E-state index contributed by atoms with van der Waals surface area (Å²) < 4.78 is 33.8. The van der Waals surface area contributed by atoms with Gasteiger partial charge in [0, 0.05) is 0 Å². The number of benzene rings is 1. The van der Waals surface area contributed by atoms with Crippen LogP contribution in [0.3, 0.4) is 0 Å². The normalized spacial score (nSPS) is 11.1. The van der Waals surface area contributed by atoms with Gasteiger partial charge in [0.15, 0.2) is 15.6 Å². The number of carbonyl (C=O) groups excluding carboxylic acids is 1. The summed E-state index contributed by atoms with van der Waals surface area (Å²) in [6.07, 6.45) is 1.61. The first-order valence-electron chi connectivity index (χ1n) is 6.02. The first-order valence-corrected chi connectivity index (χ1v) is 7.67. The maximum Gasteiger partial charge on any atom is 0.321 e. The minimum Gasteiger partial charge on any atom is -0.497 e. The van der Waals surface area contributed by atoms with Gasteiger partial charge in [-0.25, -0.2) is 8.42 Å². The maximum atomic E-state index is 12.0. The molecule has 0 bridgehead atoms. The van der Waals surface area contributed by atoms with Gasteiger partial charge in [-0.15, -0.1) is 0 Å². The van der Waals surface area contributed by atoms with Crippen LogP contribution in [0, 0.1) is 0 Å². The first-order chi connectivity index (χ1) is 8.99. The zero-order chi connectivity index (χ0) is 14.3. The van der Waals surface area contributed by atoms with E-state index in [-0.39, 0.29) is 11.5 Å². The zero-order valence-corrected chi connectivity index (χ0v) is 11.9. The largest absolute Gasteiger partial charge is 0.497 e. The topological polar surface area (TPSA) is 69.7 Å². The average molecular weight is 286 g/mol. The second kappa shape index (κ2) is 7.13. The molecule has 6 heteroatoms. The van der Waals surface area contributed by atoms with Crippen molar-refractivity contribution in [1.82, 2.24) is 0 Å². The molecule has 0 fully saturated rings. The molecule has 0 amide bonds. The van der Waals surface area contributed by atoms with Gasteiger partial charge in [0.1, 0.15) is 5.75 Å². The standard InChI is InChI=1S/C13H18O5S/c1-3-4-8-18-13(14)10-19(15,16)12-7-5-6-11(9-12)17-2/h5-7,9H,3-4,8,10H2,1-2H3. The third kappa shape index (κ3) is 4.90. The first kappa shape index (κ1) is 15.5. The van der Waals surface area contributed by atoms with E-state index in [9.17, 15) is 13.2 Å². The molecule has 1 aromatic carbocycles. The molecule has 0 unspecified atom stereocenters. The summed E-state index contributed by atoms with van der Waals surface area (Å²) in [5, 5.41) is 0. The highest BCUT2D eigenvalue weighted by Gasteiger charge is 2.20. The van der Waals surface area contributed by atoms with Crippen molar-refractivity contribution in [3.05, 3.63) is 24.3 Å². The SMILES string of the molecule is CCCCOC(=O)CS(=O)(=O)c1cccc(OC)c1. The highest BCUT2D eigenvalue weighted by molar-refractivity contribution is 7.92. The summed E-state index contributed by atoms with van der Waals surface area (Å²) in [7, 11) is -2.23. The lowest BCUT2D eigenvalue weighted by Crippen LogP contribution is -2.19. The fourth-order valence-corrected chi connectivity index (χ4v) is 2.55. The van der Waals surface area contributed by atoms with Crippen LogP contribution in [0.5, 0.6) is 5.75 Å². The van der Waals surface area contributed by atoms with E-state index in [1.165, 1.54) is 19.2 Å². The smallest absolute Gasteiger partial charge is 0.321 e. The lowest BCUT2D eigenvalue weighted by atomic mass is 10.3. The molecule has 0 radical (unpaired) electrons. The van der Waals surface area contributed by atoms with Gasteiger partial charge in [0.05, 0.1) is 18.6 Å². The molecule has 19 heavy (non-hydrogen) atoms. The lowest BCUT2D eigenvalue weighted by Gasteiger charge is -2.07. The van der Waals surface area contributed by atoms with E-state index in [0.29, 0.717) is 5.75 Å². The Labute approximate surface area is 113 Å². The van der Waals surface area contributed by atoms with E-state index in [1.807, 2.05) is 6.92 Å². The van der Waals surface area contributed by atoms with E-state index in [2.05, 4.69) is 0 Å². The molecule has 5 nitrogen and oxygen atoms in total. The molecule has 0 aliphatic carbocycles. The number of hydrogen-bond donors (Lipinski definition) is 0. The number of rotatable bonds is 7. The average Bonchev–Trinajstić information content (AvgIpc) is 2.38. The second-order valence-electron chi connectivity index (χ2n) is 4.01. The van der Waals surface area contributed by atoms with Gasteiger partial charge in [-0.1, -0.05) is 19.4 Å². The zero-order valence-electron chi connectivity index (χ0n) is 11.1. The molecule has 106 valence electrons. The Kier molecular flexibility index (Phi) is 5.82. The molecule has 0 saturated heterocycles. The molecule has 0 spiro atoms. The van der Waals surface area contributed by atoms with Crippen molar-refractivity contribution in [3.8, 4) is 5.75 Å². The predicted molar refractivity (Wildman–Crippen MR) is 70.9 cm³/mol. The summed E-state index contributed by atoms with van der Waals surface area (Å²) in [6.45, 7) is 2.21. The maximum absolute atomic E-state index is 12.0. The molecule has 0 saturated carbocycles. The summed E-state index contributed by atoms with van der Waals surface area (Å²) in [5.74, 6) is -0.944. The van der Waals surface area contributed by atoms with Crippen LogP contribution in [-0.2, 0) is 19.4 Å². The van der Waals surface area contributed by atoms with Crippen LogP contribution in [0.2, 0.25) is 0 Å². The van der Waals surface area contributed by atoms with Crippen LogP contribution < -0.4 is 4.74 Å². The molecule has 0 aliphatic rings. The van der Waals surface area contributed by atoms with E-state index in [4.69, 9.17) is 9.47 Å². The van der Waals surface area contributed by atoms with Crippen LogP contribution in [0.4, 0.5) is 0 Å². The minimum absolute atomic E-state index is 0.0549. The van der Waals surface area contributed by atoms with Crippen LogP contribution in [0.25, 0.3) is 0 Å². The fourth-order valence-electron chi connectivity index (χ4n) is 1.41. The van der Waals surface area contributed by atoms with Gasteiger partial charge in [0.2, 0.25) is 0 Å². The van der Waals surface area contributed by atoms with Gasteiger partial charge in [-0.05, 0) is 24.6 Å². The Bertz CT molecular complexity index is 522. The third-order valence-corrected chi connectivity index (χ3v) is 4.06. The van der Waals surface area contributed by atoms with E-state index in [1.54, 1.807) is 12.1 Å². The predicted octanol–water partition coefficient (Wildman–Crippen LogP) is 1.81. The van der Waals surface area contributed by atoms with Crippen molar-refractivity contribution in [2.45, 2.75) is 24.7 Å². The van der Waals surface area contributed by atoms with Crippen LogP contribution in [0.1, 0.15) is 19.8 Å². The number of unbranched alkanes of at least 4 members (excludes halogenated alkanes) is 1. The Balaban J connectivity index is 2.72. The number of carbonyl (C=O) groups is 1. The Morgan fingerprint density at radius 3 is 2.68 bits per heavy atom. The fraction of sp³-hybridized carbons (Fsp3) is 0.462. The van der Waals surface area contributed by atoms with Gasteiger partial charge >= 0.3 is 5.97 Å². The number of methoxy groups -OCH3 is 1. The molecule has 0 aliphatic heterocycles. The highest BCUT2D eigenvalue weighted by atomic mass is 32.2. The minimum atomic E-state index is -3.68. The number of sulfone groups is 1. The quantitative estimate of drug-likeness (QED) is 0.565. The van der Waals surface area contributed by atoms with Crippen molar-refractivity contribution >= 4 is 15.8 Å². The van der Waals surface area contributed by atoms with Crippen molar-refractivity contribution in [2.75, 3.05) is 19.5 Å². The van der Waals surface area contributed by atoms with E-state index >= 15 is 0 Å². The monoisotopic (exact) mass is 286 g/mol. The Morgan fingerprint density at radius 2 is 2.05 bits per heavy atom. The second-order valence-corrected chi connectivity index (χ2v) is 6.00. The highest BCUT2D eigenvalue weighted by Crippen LogP contribution is 2.18. The van der Waals surface area contributed by atoms with Gasteiger partial charge in [0.25, 0.3) is 0 Å². The molecular weight excluding hydrogens is 268 g/mol. The van der Waals surface area contributed by atoms with Crippen LogP contribution >= 0.6 is 0 Å². The summed E-state index contributed by atoms with van der Waals surface area (Å²) in [6, 6.07) is 6.01. The molecule has 0 N–H and O–H groups in total. The molecule has 0 atom stereocenters. The van der Waals surface area contributed by atoms with Crippen LogP contribution in [0.15, 0.2) is 29.2 Å². The lowest BCUT2D eigenvalue weighted by molar-refractivity contribution is -0.140. The third-order valence-electron chi connectivity index (χ3n) is 2.47. The number of hydrogen-bond acceptors (Lipinski definition) is 5.